The van der Waals surface area contributed by atoms with Crippen molar-refractivity contribution >= 4 is 23.2 Å². The van der Waals surface area contributed by atoms with E-state index in [1.54, 1.807) is 6.07 Å². The van der Waals surface area contributed by atoms with Crippen LogP contribution in [0.5, 0.6) is 0 Å². The number of anilines is 1. The highest BCUT2D eigenvalue weighted by molar-refractivity contribution is 6.30. The summed E-state index contributed by atoms with van der Waals surface area (Å²) >= 11 is 6.03. The maximum atomic E-state index is 13.4. The van der Waals surface area contributed by atoms with Gasteiger partial charge in [-0.05, 0) is 53.4 Å². The third kappa shape index (κ3) is 5.37. The van der Waals surface area contributed by atoms with Crippen LogP contribution in [-0.2, 0) is 30.5 Å². The molecule has 0 aromatic heterocycles. The lowest BCUT2D eigenvalue weighted by molar-refractivity contribution is -0.137. The number of nitrogens with one attached hydrogen (secondary N) is 1. The van der Waals surface area contributed by atoms with Crippen molar-refractivity contribution in [2.75, 3.05) is 24.5 Å². The van der Waals surface area contributed by atoms with Crippen molar-refractivity contribution < 1.29 is 18.0 Å². The van der Waals surface area contributed by atoms with E-state index in [9.17, 15) is 18.0 Å². The molecule has 2 heterocycles. The first-order chi connectivity index (χ1) is 17.3. The van der Waals surface area contributed by atoms with Crippen molar-refractivity contribution in [3.05, 3.63) is 100 Å². The molecule has 1 saturated heterocycles. The molecular formula is C28H27ClF3N3O. The quantitative estimate of drug-likeness (QED) is 0.487. The Morgan fingerprint density at radius 2 is 1.72 bits per heavy atom. The Hall–Kier alpha value is -3.03. The van der Waals surface area contributed by atoms with Crippen LogP contribution in [0, 0.1) is 5.92 Å². The zero-order chi connectivity index (χ0) is 25.3. The van der Waals surface area contributed by atoms with Crippen LogP contribution in [0.4, 0.5) is 18.9 Å². The second-order valence-electron chi connectivity index (χ2n) is 9.48. The van der Waals surface area contributed by atoms with E-state index >= 15 is 0 Å². The summed E-state index contributed by atoms with van der Waals surface area (Å²) in [5.41, 5.74) is 2.80. The van der Waals surface area contributed by atoms with Gasteiger partial charge in [0.15, 0.2) is 0 Å². The van der Waals surface area contributed by atoms with Crippen molar-refractivity contribution in [1.82, 2.24) is 10.2 Å². The molecule has 188 valence electrons. The van der Waals surface area contributed by atoms with Gasteiger partial charge in [-0.15, -0.1) is 0 Å². The zero-order valence-corrected chi connectivity index (χ0v) is 20.4. The molecule has 3 aromatic carbocycles. The second-order valence-corrected chi connectivity index (χ2v) is 9.91. The van der Waals surface area contributed by atoms with E-state index in [0.717, 1.165) is 36.0 Å². The Morgan fingerprint density at radius 1 is 0.972 bits per heavy atom. The van der Waals surface area contributed by atoms with E-state index in [2.05, 4.69) is 15.1 Å². The number of fused-ring (bicyclic) bond motifs is 3. The molecule has 0 unspecified atom stereocenters. The average molecular weight is 514 g/mol. The number of halogens is 4. The van der Waals surface area contributed by atoms with Crippen LogP contribution in [0.25, 0.3) is 0 Å². The number of piperazine rings is 1. The van der Waals surface area contributed by atoms with Gasteiger partial charge in [0, 0.05) is 43.4 Å². The third-order valence-corrected chi connectivity index (χ3v) is 7.34. The van der Waals surface area contributed by atoms with E-state index in [-0.39, 0.29) is 18.4 Å². The number of carbonyl (C=O) groups is 1. The summed E-state index contributed by atoms with van der Waals surface area (Å²) in [7, 11) is 0. The molecular weight excluding hydrogens is 487 g/mol. The van der Waals surface area contributed by atoms with Crippen molar-refractivity contribution in [3.63, 3.8) is 0 Å². The molecule has 1 N–H and O–H groups in total. The summed E-state index contributed by atoms with van der Waals surface area (Å²) in [5, 5.41) is 3.71. The van der Waals surface area contributed by atoms with E-state index in [4.69, 9.17) is 11.6 Å². The molecule has 3 aromatic rings. The van der Waals surface area contributed by atoms with Gasteiger partial charge in [-0.25, -0.2) is 0 Å². The molecule has 4 nitrogen and oxygen atoms in total. The van der Waals surface area contributed by atoms with Gasteiger partial charge < -0.3 is 10.2 Å². The summed E-state index contributed by atoms with van der Waals surface area (Å²) in [6.07, 6.45) is -4.15. The number of alkyl halides is 3. The standard InChI is InChI=1S/C28H27ClF3N3O/c29-23-9-6-20(7-10-23)17-34-12-13-35-25-11-8-22(28(30,31)32)14-21(25)15-24(26(35)18-34)27(36)33-16-19-4-2-1-3-5-19/h1-11,14,24,26H,12-13,15-18H2,(H,33,36)/t24-,26+/m1/s1. The predicted octanol–water partition coefficient (Wildman–Crippen LogP) is 5.54. The Morgan fingerprint density at radius 3 is 2.44 bits per heavy atom. The summed E-state index contributed by atoms with van der Waals surface area (Å²) in [5.74, 6) is -0.594. The van der Waals surface area contributed by atoms with Gasteiger partial charge in [-0.1, -0.05) is 54.1 Å². The molecule has 2 atom stereocenters. The van der Waals surface area contributed by atoms with Crippen LogP contribution in [0.2, 0.25) is 5.02 Å². The van der Waals surface area contributed by atoms with Gasteiger partial charge in [-0.2, -0.15) is 13.2 Å². The monoisotopic (exact) mass is 513 g/mol. The van der Waals surface area contributed by atoms with Gasteiger partial charge in [0.2, 0.25) is 5.91 Å². The molecule has 0 bridgehead atoms. The molecule has 2 aliphatic rings. The first kappa shape index (κ1) is 24.7. The lowest BCUT2D eigenvalue weighted by Crippen LogP contribution is -2.60. The average Bonchev–Trinajstić information content (AvgIpc) is 2.88. The minimum Gasteiger partial charge on any atom is -0.365 e. The highest BCUT2D eigenvalue weighted by atomic mass is 35.5. The maximum absolute atomic E-state index is 13.4. The summed E-state index contributed by atoms with van der Waals surface area (Å²) < 4.78 is 40.3. The fraction of sp³-hybridized carbons (Fsp3) is 0.321. The van der Waals surface area contributed by atoms with Crippen LogP contribution in [0.1, 0.15) is 22.3 Å². The number of nitrogens with zero attached hydrogens (tertiary/aromatic N) is 2. The number of rotatable bonds is 5. The molecule has 0 radical (unpaired) electrons. The van der Waals surface area contributed by atoms with Gasteiger partial charge in [0.05, 0.1) is 17.5 Å². The van der Waals surface area contributed by atoms with Crippen LogP contribution in [-0.4, -0.2) is 36.5 Å². The van der Waals surface area contributed by atoms with Crippen molar-refractivity contribution in [2.45, 2.75) is 31.7 Å². The number of amides is 1. The molecule has 1 amide bonds. The molecule has 5 rings (SSSR count). The zero-order valence-electron chi connectivity index (χ0n) is 19.6. The second kappa shape index (κ2) is 10.1. The number of benzene rings is 3. The Bertz CT molecular complexity index is 1220. The number of hydrogen-bond donors (Lipinski definition) is 1. The summed E-state index contributed by atoms with van der Waals surface area (Å²) in [6.45, 7) is 3.14. The molecule has 0 aliphatic carbocycles. The van der Waals surface area contributed by atoms with Crippen molar-refractivity contribution in [3.8, 4) is 0 Å². The number of carbonyl (C=O) groups excluding carboxylic acids is 1. The molecule has 2 aliphatic heterocycles. The molecule has 0 spiro atoms. The van der Waals surface area contributed by atoms with Gasteiger partial charge >= 0.3 is 6.18 Å². The Balaban J connectivity index is 1.40. The van der Waals surface area contributed by atoms with Crippen molar-refractivity contribution in [2.24, 2.45) is 5.92 Å². The van der Waals surface area contributed by atoms with Crippen LogP contribution < -0.4 is 10.2 Å². The highest BCUT2D eigenvalue weighted by Crippen LogP contribution is 2.40. The van der Waals surface area contributed by atoms with E-state index in [1.165, 1.54) is 6.07 Å². The minimum absolute atomic E-state index is 0.133. The Labute approximate surface area is 213 Å². The van der Waals surface area contributed by atoms with Gasteiger partial charge in [-0.3, -0.25) is 9.69 Å². The number of hydrogen-bond acceptors (Lipinski definition) is 3. The molecule has 8 heteroatoms. The smallest absolute Gasteiger partial charge is 0.365 e. The normalized spacial score (nSPS) is 19.9. The van der Waals surface area contributed by atoms with E-state index < -0.39 is 17.7 Å². The fourth-order valence-corrected chi connectivity index (χ4v) is 5.39. The minimum atomic E-state index is -4.42. The lowest BCUT2D eigenvalue weighted by atomic mass is 9.82. The fourth-order valence-electron chi connectivity index (χ4n) is 5.27. The van der Waals surface area contributed by atoms with Gasteiger partial charge in [0.25, 0.3) is 0 Å². The molecule has 36 heavy (non-hydrogen) atoms. The van der Waals surface area contributed by atoms with Crippen molar-refractivity contribution in [1.29, 1.82) is 0 Å². The summed E-state index contributed by atoms with van der Waals surface area (Å²) in [6, 6.07) is 21.1. The van der Waals surface area contributed by atoms with Gasteiger partial charge in [0.1, 0.15) is 0 Å². The molecule has 1 fully saturated rings. The van der Waals surface area contributed by atoms with E-state index in [0.29, 0.717) is 30.2 Å². The third-order valence-electron chi connectivity index (χ3n) is 7.09. The largest absolute Gasteiger partial charge is 0.416 e. The maximum Gasteiger partial charge on any atom is 0.416 e. The Kier molecular flexibility index (Phi) is 6.95. The van der Waals surface area contributed by atoms with Crippen LogP contribution in [0.15, 0.2) is 72.8 Å². The highest BCUT2D eigenvalue weighted by Gasteiger charge is 2.42. The van der Waals surface area contributed by atoms with E-state index in [1.807, 2.05) is 54.6 Å². The summed E-state index contributed by atoms with van der Waals surface area (Å²) in [4.78, 5) is 17.9. The topological polar surface area (TPSA) is 35.6 Å². The molecule has 0 saturated carbocycles. The SMILES string of the molecule is O=C(NCc1ccccc1)[C@@H]1Cc2cc(C(F)(F)F)ccc2N2CCN(Cc3ccc(Cl)cc3)C[C@@H]12. The van der Waals surface area contributed by atoms with Crippen LogP contribution in [0.3, 0.4) is 0 Å². The van der Waals surface area contributed by atoms with Crippen LogP contribution >= 0.6 is 11.6 Å². The first-order valence-corrected chi connectivity index (χ1v) is 12.4. The predicted molar refractivity (Wildman–Crippen MR) is 135 cm³/mol. The first-order valence-electron chi connectivity index (χ1n) is 12.0. The lowest BCUT2D eigenvalue weighted by Gasteiger charge is -2.49.